The van der Waals surface area contributed by atoms with Crippen LogP contribution in [0.15, 0.2) is 42.0 Å². The number of methoxy groups -OCH3 is 1. The third-order valence-electron chi connectivity index (χ3n) is 4.20. The normalized spacial score (nSPS) is 15.5. The Kier molecular flexibility index (Phi) is 6.48. The fourth-order valence-electron chi connectivity index (χ4n) is 2.64. The van der Waals surface area contributed by atoms with Crippen molar-refractivity contribution in [1.82, 2.24) is 10.2 Å². The standard InChI is InChI=1S/C20H16FIN2O4S/c1-24-19(26)13(18(25)23-20(24)29)7-11-8-15(22)17(16(9-11)27-2)28-10-12-5-3-4-6-14(12)21/h3-9H,10H2,1-2H3,(H,23,25,29). The fourth-order valence-corrected chi connectivity index (χ4v) is 3.60. The van der Waals surface area contributed by atoms with Crippen molar-refractivity contribution in [2.24, 2.45) is 0 Å². The van der Waals surface area contributed by atoms with Gasteiger partial charge in [0.15, 0.2) is 16.6 Å². The van der Waals surface area contributed by atoms with Crippen LogP contribution < -0.4 is 14.8 Å². The largest absolute Gasteiger partial charge is 0.493 e. The van der Waals surface area contributed by atoms with Crippen LogP contribution in [-0.2, 0) is 16.2 Å². The molecule has 0 atom stereocenters. The Labute approximate surface area is 185 Å². The molecule has 150 valence electrons. The molecule has 2 aromatic rings. The topological polar surface area (TPSA) is 67.9 Å². The Morgan fingerprint density at radius 2 is 2.00 bits per heavy atom. The molecule has 3 rings (SSSR count). The van der Waals surface area contributed by atoms with Gasteiger partial charge in [-0.25, -0.2) is 4.39 Å². The molecule has 6 nitrogen and oxygen atoms in total. The predicted octanol–water partition coefficient (Wildman–Crippen LogP) is 3.27. The van der Waals surface area contributed by atoms with Crippen LogP contribution >= 0.6 is 34.8 Å². The second-order valence-corrected chi connectivity index (χ2v) is 7.64. The highest BCUT2D eigenvalue weighted by Crippen LogP contribution is 2.35. The zero-order valence-electron chi connectivity index (χ0n) is 15.5. The van der Waals surface area contributed by atoms with Crippen LogP contribution in [0.2, 0.25) is 0 Å². The van der Waals surface area contributed by atoms with Crippen LogP contribution in [0.1, 0.15) is 11.1 Å². The first-order valence-electron chi connectivity index (χ1n) is 8.40. The maximum Gasteiger partial charge on any atom is 0.265 e. The van der Waals surface area contributed by atoms with E-state index in [0.29, 0.717) is 26.2 Å². The van der Waals surface area contributed by atoms with Gasteiger partial charge in [0.25, 0.3) is 11.8 Å². The van der Waals surface area contributed by atoms with E-state index >= 15 is 0 Å². The summed E-state index contributed by atoms with van der Waals surface area (Å²) in [5.74, 6) is -0.574. The van der Waals surface area contributed by atoms with Gasteiger partial charge in [-0.1, -0.05) is 18.2 Å². The van der Waals surface area contributed by atoms with Crippen molar-refractivity contribution >= 4 is 57.8 Å². The Hall–Kier alpha value is -2.53. The van der Waals surface area contributed by atoms with Gasteiger partial charge in [0.1, 0.15) is 18.0 Å². The van der Waals surface area contributed by atoms with Crippen molar-refractivity contribution in [3.05, 3.63) is 62.5 Å². The zero-order valence-corrected chi connectivity index (χ0v) is 18.5. The van der Waals surface area contributed by atoms with E-state index < -0.39 is 11.8 Å². The molecule has 29 heavy (non-hydrogen) atoms. The van der Waals surface area contributed by atoms with Crippen molar-refractivity contribution < 1.29 is 23.5 Å². The predicted molar refractivity (Wildman–Crippen MR) is 118 cm³/mol. The minimum Gasteiger partial charge on any atom is -0.493 e. The number of hydrogen-bond donors (Lipinski definition) is 1. The van der Waals surface area contributed by atoms with Gasteiger partial charge in [0, 0.05) is 12.6 Å². The molecule has 2 aromatic carbocycles. The lowest BCUT2D eigenvalue weighted by Crippen LogP contribution is -2.52. The van der Waals surface area contributed by atoms with E-state index in [1.165, 1.54) is 31.2 Å². The molecule has 1 saturated heterocycles. The smallest absolute Gasteiger partial charge is 0.265 e. The number of ether oxygens (including phenoxy) is 2. The van der Waals surface area contributed by atoms with Gasteiger partial charge in [0.05, 0.1) is 10.7 Å². The lowest BCUT2D eigenvalue weighted by atomic mass is 10.1. The maximum absolute atomic E-state index is 13.8. The number of carbonyl (C=O) groups excluding carboxylic acids is 2. The van der Waals surface area contributed by atoms with E-state index in [9.17, 15) is 14.0 Å². The van der Waals surface area contributed by atoms with E-state index in [-0.39, 0.29) is 23.1 Å². The summed E-state index contributed by atoms with van der Waals surface area (Å²) in [6.07, 6.45) is 1.46. The highest BCUT2D eigenvalue weighted by Gasteiger charge is 2.30. The van der Waals surface area contributed by atoms with E-state index in [1.54, 1.807) is 30.3 Å². The second kappa shape index (κ2) is 8.87. The molecule has 1 heterocycles. The summed E-state index contributed by atoms with van der Waals surface area (Å²) < 4.78 is 25.7. The number of amides is 2. The summed E-state index contributed by atoms with van der Waals surface area (Å²) in [6.45, 7) is 0.0304. The fraction of sp³-hybridized carbons (Fsp3) is 0.150. The Balaban J connectivity index is 1.90. The first-order chi connectivity index (χ1) is 13.8. The maximum atomic E-state index is 13.8. The van der Waals surface area contributed by atoms with Crippen molar-refractivity contribution in [3.8, 4) is 11.5 Å². The van der Waals surface area contributed by atoms with Crippen LogP contribution in [0, 0.1) is 9.39 Å². The molecule has 0 saturated carbocycles. The van der Waals surface area contributed by atoms with Crippen LogP contribution in [0.3, 0.4) is 0 Å². The van der Waals surface area contributed by atoms with Crippen LogP contribution in [-0.4, -0.2) is 36.0 Å². The summed E-state index contributed by atoms with van der Waals surface area (Å²) in [5, 5.41) is 2.52. The van der Waals surface area contributed by atoms with E-state index in [1.807, 2.05) is 0 Å². The molecular formula is C20H16FIN2O4S. The van der Waals surface area contributed by atoms with Gasteiger partial charge in [0.2, 0.25) is 0 Å². The second-order valence-electron chi connectivity index (χ2n) is 6.10. The van der Waals surface area contributed by atoms with Gasteiger partial charge < -0.3 is 9.47 Å². The highest BCUT2D eigenvalue weighted by molar-refractivity contribution is 14.1. The number of carbonyl (C=O) groups is 2. The average molecular weight is 526 g/mol. The summed E-state index contributed by atoms with van der Waals surface area (Å²) >= 11 is 6.99. The van der Waals surface area contributed by atoms with Crippen molar-refractivity contribution in [2.75, 3.05) is 14.2 Å². The number of rotatable bonds is 5. The summed E-state index contributed by atoms with van der Waals surface area (Å²) in [7, 11) is 2.96. The summed E-state index contributed by atoms with van der Waals surface area (Å²) in [6, 6.07) is 9.72. The average Bonchev–Trinajstić information content (AvgIpc) is 2.69. The van der Waals surface area contributed by atoms with Crippen molar-refractivity contribution in [2.45, 2.75) is 6.61 Å². The minimum atomic E-state index is -0.563. The lowest BCUT2D eigenvalue weighted by molar-refractivity contribution is -0.128. The first kappa shape index (κ1) is 21.2. The molecule has 0 aromatic heterocycles. The van der Waals surface area contributed by atoms with E-state index in [0.717, 1.165) is 0 Å². The van der Waals surface area contributed by atoms with Crippen molar-refractivity contribution in [3.63, 3.8) is 0 Å². The number of likely N-dealkylation sites (N-methyl/N-ethyl adjacent to an activating group) is 1. The number of nitrogens with one attached hydrogen (secondary N) is 1. The Morgan fingerprint density at radius 1 is 1.28 bits per heavy atom. The molecule has 9 heteroatoms. The highest BCUT2D eigenvalue weighted by atomic mass is 127. The van der Waals surface area contributed by atoms with Gasteiger partial charge in [-0.2, -0.15) is 0 Å². The number of halogens is 2. The molecule has 0 radical (unpaired) electrons. The summed E-state index contributed by atoms with van der Waals surface area (Å²) in [5.41, 5.74) is 0.947. The molecule has 0 unspecified atom stereocenters. The molecular weight excluding hydrogens is 510 g/mol. The Morgan fingerprint density at radius 3 is 2.69 bits per heavy atom. The molecule has 1 aliphatic heterocycles. The van der Waals surface area contributed by atoms with Crippen LogP contribution in [0.25, 0.3) is 6.08 Å². The molecule has 1 N–H and O–H groups in total. The van der Waals surface area contributed by atoms with Gasteiger partial charge in [-0.05, 0) is 64.6 Å². The van der Waals surface area contributed by atoms with Crippen LogP contribution in [0.4, 0.5) is 4.39 Å². The van der Waals surface area contributed by atoms with Gasteiger partial charge in [-0.15, -0.1) is 0 Å². The van der Waals surface area contributed by atoms with Gasteiger partial charge >= 0.3 is 0 Å². The molecule has 0 aliphatic carbocycles. The molecule has 2 amide bonds. The van der Waals surface area contributed by atoms with E-state index in [2.05, 4.69) is 27.9 Å². The lowest BCUT2D eigenvalue weighted by Gasteiger charge is -2.25. The molecule has 0 spiro atoms. The summed E-state index contributed by atoms with van der Waals surface area (Å²) in [4.78, 5) is 25.7. The number of benzene rings is 2. The zero-order chi connectivity index (χ0) is 21.1. The monoisotopic (exact) mass is 526 g/mol. The Bertz CT molecular complexity index is 1040. The van der Waals surface area contributed by atoms with Crippen LogP contribution in [0.5, 0.6) is 11.5 Å². The third kappa shape index (κ3) is 4.56. The molecule has 0 bridgehead atoms. The van der Waals surface area contributed by atoms with Crippen molar-refractivity contribution in [1.29, 1.82) is 0 Å². The first-order valence-corrected chi connectivity index (χ1v) is 9.89. The molecule has 1 fully saturated rings. The minimum absolute atomic E-state index is 0.0304. The number of hydrogen-bond acceptors (Lipinski definition) is 5. The quantitative estimate of drug-likeness (QED) is 0.281. The third-order valence-corrected chi connectivity index (χ3v) is 5.37. The SMILES string of the molecule is COc1cc(C=C2C(=O)NC(=S)N(C)C2=O)cc(I)c1OCc1ccccc1F. The van der Waals surface area contributed by atoms with Gasteiger partial charge in [-0.3, -0.25) is 19.8 Å². The van der Waals surface area contributed by atoms with E-state index in [4.69, 9.17) is 21.7 Å². The number of thiocarbonyl (C=S) groups is 1. The molecule has 1 aliphatic rings. The number of nitrogens with zero attached hydrogens (tertiary/aromatic N) is 1.